The first-order valence-corrected chi connectivity index (χ1v) is 13.0. The summed E-state index contributed by atoms with van der Waals surface area (Å²) in [6.45, 7) is 3.65. The van der Waals surface area contributed by atoms with E-state index in [1.165, 1.54) is 30.6 Å². The van der Waals surface area contributed by atoms with Crippen LogP contribution < -0.4 is 16.0 Å². The van der Waals surface area contributed by atoms with E-state index >= 15 is 4.39 Å². The Morgan fingerprint density at radius 1 is 1.29 bits per heavy atom. The Balaban J connectivity index is 1.24. The van der Waals surface area contributed by atoms with Crippen LogP contribution in [0, 0.1) is 35.9 Å². The lowest BCUT2D eigenvalue weighted by atomic mass is 9.84. The second-order valence-electron chi connectivity index (χ2n) is 10.2. The molecule has 2 aromatic heterocycles. The van der Waals surface area contributed by atoms with Crippen LogP contribution in [0.2, 0.25) is 0 Å². The van der Waals surface area contributed by atoms with Gasteiger partial charge in [0.25, 0.3) is 5.91 Å². The maximum Gasteiger partial charge on any atom is 0.263 e. The molecule has 3 atom stereocenters. The largest absolute Gasteiger partial charge is 0.396 e. The number of anilines is 2. The van der Waals surface area contributed by atoms with Crippen LogP contribution in [0.15, 0.2) is 12.3 Å². The van der Waals surface area contributed by atoms with Crippen molar-refractivity contribution in [2.75, 3.05) is 23.7 Å². The lowest BCUT2D eigenvalue weighted by Crippen LogP contribution is -2.40. The molecule has 2 bridgehead atoms. The normalized spacial score (nSPS) is 23.2. The van der Waals surface area contributed by atoms with Gasteiger partial charge in [0.15, 0.2) is 0 Å². The quantitative estimate of drug-likeness (QED) is 0.572. The molecular formula is C26H27FN6OS. The maximum absolute atomic E-state index is 15.4. The van der Waals surface area contributed by atoms with Gasteiger partial charge in [0.2, 0.25) is 0 Å². The van der Waals surface area contributed by atoms with Crippen molar-refractivity contribution >= 4 is 39.0 Å². The Morgan fingerprint density at radius 3 is 2.80 bits per heavy atom. The zero-order valence-electron chi connectivity index (χ0n) is 19.6. The molecule has 1 saturated heterocycles. The Hall–Kier alpha value is -3.25. The summed E-state index contributed by atoms with van der Waals surface area (Å²) < 4.78 is 15.4. The highest BCUT2D eigenvalue weighted by Crippen LogP contribution is 2.41. The van der Waals surface area contributed by atoms with Gasteiger partial charge in [-0.2, -0.15) is 5.26 Å². The molecule has 9 heteroatoms. The summed E-state index contributed by atoms with van der Waals surface area (Å²) >= 11 is 1.22. The van der Waals surface area contributed by atoms with E-state index in [2.05, 4.69) is 26.3 Å². The number of carbonyl (C=O) groups excluding carboxylic acids is 1. The molecule has 3 aromatic rings. The molecule has 6 rings (SSSR count). The molecule has 7 nitrogen and oxygen atoms in total. The summed E-state index contributed by atoms with van der Waals surface area (Å²) in [6.07, 6.45) is 6.89. The molecule has 2 unspecified atom stereocenters. The average Bonchev–Trinajstić information content (AvgIpc) is 3.36. The summed E-state index contributed by atoms with van der Waals surface area (Å²) in [5.41, 5.74) is 10.5. The number of aromatic nitrogens is 2. The number of rotatable bonds is 3. The highest BCUT2D eigenvalue weighted by Gasteiger charge is 2.35. The fraction of sp³-hybridized carbons (Fsp3) is 0.462. The van der Waals surface area contributed by atoms with Gasteiger partial charge in [-0.15, -0.1) is 11.3 Å². The number of nitrogens with one attached hydrogen (secondary N) is 1. The maximum atomic E-state index is 15.4. The molecule has 1 aliphatic heterocycles. The molecule has 1 aromatic carbocycles. The molecule has 3 N–H and O–H groups in total. The third kappa shape index (κ3) is 3.80. The monoisotopic (exact) mass is 490 g/mol. The van der Waals surface area contributed by atoms with Gasteiger partial charge in [-0.05, 0) is 74.5 Å². The SMILES string of the molecule is Cc1cnc2c(N)c(C(=O)N[C@@H]3CCc4c(C#N)c(N5CC6CCC(C6)C5)cc(F)c4C3)sc2n1. The van der Waals surface area contributed by atoms with Crippen molar-refractivity contribution in [3.05, 3.63) is 45.3 Å². The molecule has 1 amide bonds. The number of amides is 1. The van der Waals surface area contributed by atoms with E-state index in [4.69, 9.17) is 5.73 Å². The average molecular weight is 491 g/mol. The minimum atomic E-state index is -0.292. The first-order valence-electron chi connectivity index (χ1n) is 12.2. The van der Waals surface area contributed by atoms with Crippen molar-refractivity contribution in [2.24, 2.45) is 11.8 Å². The summed E-state index contributed by atoms with van der Waals surface area (Å²) in [7, 11) is 0. The number of piperidine rings is 1. The van der Waals surface area contributed by atoms with Crippen molar-refractivity contribution < 1.29 is 9.18 Å². The molecule has 0 spiro atoms. The summed E-state index contributed by atoms with van der Waals surface area (Å²) in [5.74, 6) is 0.722. The van der Waals surface area contributed by atoms with Crippen LogP contribution in [0.25, 0.3) is 10.3 Å². The number of hydrogen-bond acceptors (Lipinski definition) is 7. The Kier molecular flexibility index (Phi) is 5.37. The third-order valence-electron chi connectivity index (χ3n) is 7.83. The van der Waals surface area contributed by atoms with E-state index in [0.29, 0.717) is 63.1 Å². The minimum absolute atomic E-state index is 0.236. The lowest BCUT2D eigenvalue weighted by molar-refractivity contribution is 0.0938. The number of benzene rings is 1. The molecule has 2 fully saturated rings. The third-order valence-corrected chi connectivity index (χ3v) is 8.92. The zero-order chi connectivity index (χ0) is 24.3. The molecule has 1 saturated carbocycles. The first-order chi connectivity index (χ1) is 16.9. The standard InChI is InChI=1S/C26H27FN6OS/c1-13-10-30-23-22(29)24(35-26(23)31-13)25(34)32-16-4-5-17-18(7-16)20(27)8-21(19(17)9-28)33-11-14-2-3-15(6-14)12-33/h8,10,14-16H,2-7,11-12,29H2,1H3,(H,32,34)/t14?,15?,16-/m1/s1. The van der Waals surface area contributed by atoms with Gasteiger partial charge in [-0.3, -0.25) is 4.79 Å². The number of aryl methyl sites for hydroxylation is 1. The predicted molar refractivity (Wildman–Crippen MR) is 134 cm³/mol. The van der Waals surface area contributed by atoms with E-state index in [-0.39, 0.29) is 17.8 Å². The second-order valence-corrected chi connectivity index (χ2v) is 11.2. The number of halogens is 1. The molecule has 2 aliphatic carbocycles. The summed E-state index contributed by atoms with van der Waals surface area (Å²) in [5, 5.41) is 13.1. The number of nitriles is 1. The first kappa shape index (κ1) is 22.2. The molecule has 3 heterocycles. The van der Waals surface area contributed by atoms with Crippen molar-refractivity contribution in [3.63, 3.8) is 0 Å². The number of carbonyl (C=O) groups is 1. The fourth-order valence-corrected chi connectivity index (χ4v) is 7.19. The minimum Gasteiger partial charge on any atom is -0.396 e. The van der Waals surface area contributed by atoms with Crippen molar-refractivity contribution in [1.82, 2.24) is 15.3 Å². The van der Waals surface area contributed by atoms with Crippen molar-refractivity contribution in [2.45, 2.75) is 51.5 Å². The number of nitrogens with zero attached hydrogens (tertiary/aromatic N) is 4. The predicted octanol–water partition coefficient (Wildman–Crippen LogP) is 4.12. The topological polar surface area (TPSA) is 108 Å². The van der Waals surface area contributed by atoms with Crippen molar-refractivity contribution in [1.29, 1.82) is 5.26 Å². The molecule has 0 radical (unpaired) electrons. The Bertz CT molecular complexity index is 1380. The zero-order valence-corrected chi connectivity index (χ0v) is 20.4. The van der Waals surface area contributed by atoms with Crippen LogP contribution in [-0.4, -0.2) is 35.0 Å². The molecule has 180 valence electrons. The van der Waals surface area contributed by atoms with Crippen LogP contribution >= 0.6 is 11.3 Å². The number of thiophene rings is 1. The van der Waals surface area contributed by atoms with Crippen LogP contribution in [0.1, 0.15) is 57.7 Å². The van der Waals surface area contributed by atoms with Gasteiger partial charge in [-0.1, -0.05) is 0 Å². The van der Waals surface area contributed by atoms with Crippen LogP contribution in [0.3, 0.4) is 0 Å². The summed E-state index contributed by atoms with van der Waals surface area (Å²) in [4.78, 5) is 25.0. The van der Waals surface area contributed by atoms with Crippen LogP contribution in [0.4, 0.5) is 15.8 Å². The van der Waals surface area contributed by atoms with Gasteiger partial charge in [0, 0.05) is 25.3 Å². The Labute approximate surface area is 207 Å². The highest BCUT2D eigenvalue weighted by molar-refractivity contribution is 7.21. The molecule has 35 heavy (non-hydrogen) atoms. The van der Waals surface area contributed by atoms with E-state index in [9.17, 15) is 10.1 Å². The second kappa shape index (κ2) is 8.45. The smallest absolute Gasteiger partial charge is 0.263 e. The van der Waals surface area contributed by atoms with Gasteiger partial charge in [0.1, 0.15) is 27.1 Å². The Morgan fingerprint density at radius 2 is 2.06 bits per heavy atom. The number of nitrogens with two attached hydrogens (primary N) is 1. The molecule has 3 aliphatic rings. The summed E-state index contributed by atoms with van der Waals surface area (Å²) in [6, 6.07) is 3.70. The van der Waals surface area contributed by atoms with E-state index in [1.54, 1.807) is 12.3 Å². The number of hydrogen-bond donors (Lipinski definition) is 2. The van der Waals surface area contributed by atoms with Crippen LogP contribution in [-0.2, 0) is 12.8 Å². The van der Waals surface area contributed by atoms with Crippen molar-refractivity contribution in [3.8, 4) is 6.07 Å². The van der Waals surface area contributed by atoms with Gasteiger partial charge < -0.3 is 16.0 Å². The van der Waals surface area contributed by atoms with Gasteiger partial charge >= 0.3 is 0 Å². The molecular weight excluding hydrogens is 463 g/mol. The highest BCUT2D eigenvalue weighted by atomic mass is 32.1. The lowest BCUT2D eigenvalue weighted by Gasteiger charge is -2.36. The van der Waals surface area contributed by atoms with E-state index < -0.39 is 0 Å². The number of fused-ring (bicyclic) bond motifs is 4. The van der Waals surface area contributed by atoms with Gasteiger partial charge in [-0.25, -0.2) is 14.4 Å². The fourth-order valence-electron chi connectivity index (χ4n) is 6.18. The van der Waals surface area contributed by atoms with E-state index in [0.717, 1.165) is 30.0 Å². The van der Waals surface area contributed by atoms with Gasteiger partial charge in [0.05, 0.1) is 22.6 Å². The number of nitrogen functional groups attached to an aromatic ring is 1. The van der Waals surface area contributed by atoms with E-state index in [1.807, 2.05) is 6.92 Å². The van der Waals surface area contributed by atoms with Crippen LogP contribution in [0.5, 0.6) is 0 Å².